The summed E-state index contributed by atoms with van der Waals surface area (Å²) in [6.45, 7) is 2.32. The highest BCUT2D eigenvalue weighted by Gasteiger charge is 2.11. The number of nitrogens with one attached hydrogen (secondary N) is 1. The molecule has 0 aromatic carbocycles. The van der Waals surface area contributed by atoms with Gasteiger partial charge < -0.3 is 5.32 Å². The first-order chi connectivity index (χ1) is 4.43. The molecule has 1 rings (SSSR count). The number of hydrogen-bond donors (Lipinski definition) is 1. The maximum Gasteiger partial charge on any atom is 0.0825 e. The lowest BCUT2D eigenvalue weighted by atomic mass is 9.97. The highest BCUT2D eigenvalue weighted by Crippen LogP contribution is 2.12. The zero-order valence-corrected chi connectivity index (χ0v) is 5.73. The van der Waals surface area contributed by atoms with Crippen molar-refractivity contribution < 1.29 is 5.11 Å². The van der Waals surface area contributed by atoms with Crippen LogP contribution in [0.2, 0.25) is 0 Å². The first-order valence-electron chi connectivity index (χ1n) is 3.72. The second kappa shape index (κ2) is 3.85. The number of rotatable bonds is 2. The van der Waals surface area contributed by atoms with E-state index in [4.69, 9.17) is 0 Å². The Labute approximate surface area is 56.3 Å². The van der Waals surface area contributed by atoms with E-state index < -0.39 is 0 Å². The van der Waals surface area contributed by atoms with Crippen molar-refractivity contribution in [2.24, 2.45) is 5.92 Å². The minimum Gasteiger partial charge on any atom is -0.316 e. The molecule has 53 valence electrons. The zero-order chi connectivity index (χ0) is 6.53. The summed E-state index contributed by atoms with van der Waals surface area (Å²) in [6.07, 6.45) is 3.38. The second-order valence-electron chi connectivity index (χ2n) is 2.71. The van der Waals surface area contributed by atoms with Gasteiger partial charge in [0, 0.05) is 0 Å². The summed E-state index contributed by atoms with van der Waals surface area (Å²) in [4.78, 5) is 0. The van der Waals surface area contributed by atoms with E-state index in [0.29, 0.717) is 5.92 Å². The average molecular weight is 128 g/mol. The topological polar surface area (TPSA) is 31.9 Å². The van der Waals surface area contributed by atoms with Crippen LogP contribution in [-0.4, -0.2) is 19.7 Å². The molecule has 1 atom stereocenters. The van der Waals surface area contributed by atoms with E-state index in [1.165, 1.54) is 12.8 Å². The van der Waals surface area contributed by atoms with Crippen LogP contribution >= 0.6 is 0 Å². The van der Waals surface area contributed by atoms with E-state index >= 15 is 0 Å². The normalized spacial score (nSPS) is 28.3. The van der Waals surface area contributed by atoms with E-state index in [9.17, 15) is 5.11 Å². The monoisotopic (exact) mass is 128 g/mol. The third-order valence-electron chi connectivity index (χ3n) is 1.93. The summed E-state index contributed by atoms with van der Waals surface area (Å²) in [7, 11) is 0. The van der Waals surface area contributed by atoms with Gasteiger partial charge in [-0.05, 0) is 38.3 Å². The van der Waals surface area contributed by atoms with E-state index in [0.717, 1.165) is 19.5 Å². The van der Waals surface area contributed by atoms with E-state index in [-0.39, 0.29) is 6.61 Å². The molecule has 1 N–H and O–H groups in total. The van der Waals surface area contributed by atoms with Crippen LogP contribution in [0.4, 0.5) is 0 Å². The van der Waals surface area contributed by atoms with Gasteiger partial charge in [-0.25, -0.2) is 5.11 Å². The molecule has 0 saturated carbocycles. The van der Waals surface area contributed by atoms with Crippen LogP contribution in [0.15, 0.2) is 0 Å². The molecule has 1 aliphatic rings. The minimum atomic E-state index is 0.104. The van der Waals surface area contributed by atoms with Crippen molar-refractivity contribution in [2.75, 3.05) is 19.7 Å². The fourth-order valence-electron chi connectivity index (χ4n) is 1.34. The predicted octanol–water partition coefficient (Wildman–Crippen LogP) is 0.807. The van der Waals surface area contributed by atoms with Gasteiger partial charge in [0.15, 0.2) is 0 Å². The summed E-state index contributed by atoms with van der Waals surface area (Å²) in [5.74, 6) is 0.677. The Bertz CT molecular complexity index is 66.6. The van der Waals surface area contributed by atoms with Gasteiger partial charge >= 0.3 is 0 Å². The lowest BCUT2D eigenvalue weighted by molar-refractivity contribution is 0.162. The van der Waals surface area contributed by atoms with Crippen LogP contribution < -0.4 is 5.32 Å². The fraction of sp³-hybridized carbons (Fsp3) is 1.00. The third kappa shape index (κ3) is 2.33. The van der Waals surface area contributed by atoms with Crippen LogP contribution in [0.5, 0.6) is 0 Å². The Kier molecular flexibility index (Phi) is 3.01. The molecule has 1 saturated heterocycles. The largest absolute Gasteiger partial charge is 0.316 e. The van der Waals surface area contributed by atoms with Gasteiger partial charge in [-0.2, -0.15) is 0 Å². The lowest BCUT2D eigenvalue weighted by Gasteiger charge is -2.21. The molecule has 1 fully saturated rings. The highest BCUT2D eigenvalue weighted by atomic mass is 16.3. The van der Waals surface area contributed by atoms with Gasteiger partial charge in [0.05, 0.1) is 6.61 Å². The molecule has 1 unspecified atom stereocenters. The smallest absolute Gasteiger partial charge is 0.0825 e. The molecule has 0 amide bonds. The lowest BCUT2D eigenvalue weighted by Crippen LogP contribution is -2.30. The van der Waals surface area contributed by atoms with Crippen molar-refractivity contribution in [1.82, 2.24) is 5.32 Å². The summed E-state index contributed by atoms with van der Waals surface area (Å²) in [5, 5.41) is 13.5. The number of hydrogen-bond acceptors (Lipinski definition) is 1. The van der Waals surface area contributed by atoms with E-state index in [2.05, 4.69) is 5.32 Å². The van der Waals surface area contributed by atoms with Crippen LogP contribution in [0.3, 0.4) is 0 Å². The summed E-state index contributed by atoms with van der Waals surface area (Å²) in [5.41, 5.74) is 0. The molecule has 0 spiro atoms. The van der Waals surface area contributed by atoms with Gasteiger partial charge in [-0.15, -0.1) is 0 Å². The van der Waals surface area contributed by atoms with Crippen molar-refractivity contribution in [2.45, 2.75) is 19.3 Å². The van der Waals surface area contributed by atoms with Crippen LogP contribution in [0, 0.1) is 5.92 Å². The Morgan fingerprint density at radius 3 is 3.00 bits per heavy atom. The Morgan fingerprint density at radius 1 is 1.56 bits per heavy atom. The molecular weight excluding hydrogens is 114 g/mol. The van der Waals surface area contributed by atoms with Crippen molar-refractivity contribution in [1.29, 1.82) is 0 Å². The van der Waals surface area contributed by atoms with Crippen LogP contribution in [0.1, 0.15) is 19.3 Å². The SMILES string of the molecule is [O]CCC1CCCNC1. The molecule has 2 heteroatoms. The molecule has 0 aliphatic carbocycles. The summed E-state index contributed by atoms with van der Waals surface area (Å²) < 4.78 is 0. The Hall–Kier alpha value is -0.0800. The highest BCUT2D eigenvalue weighted by molar-refractivity contribution is 4.67. The van der Waals surface area contributed by atoms with Crippen LogP contribution in [-0.2, 0) is 5.11 Å². The Morgan fingerprint density at radius 2 is 2.44 bits per heavy atom. The molecule has 0 bridgehead atoms. The first-order valence-corrected chi connectivity index (χ1v) is 3.72. The molecular formula is C7H14NO. The molecule has 1 aliphatic heterocycles. The van der Waals surface area contributed by atoms with Gasteiger partial charge in [0.25, 0.3) is 0 Å². The molecule has 9 heavy (non-hydrogen) atoms. The van der Waals surface area contributed by atoms with Crippen molar-refractivity contribution >= 4 is 0 Å². The summed E-state index contributed by atoms with van der Waals surface area (Å²) >= 11 is 0. The molecule has 2 nitrogen and oxygen atoms in total. The van der Waals surface area contributed by atoms with E-state index in [1.807, 2.05) is 0 Å². The third-order valence-corrected chi connectivity index (χ3v) is 1.93. The van der Waals surface area contributed by atoms with Crippen molar-refractivity contribution in [3.05, 3.63) is 0 Å². The first kappa shape index (κ1) is 7.03. The summed E-state index contributed by atoms with van der Waals surface area (Å²) in [6, 6.07) is 0. The van der Waals surface area contributed by atoms with Gasteiger partial charge in [0.1, 0.15) is 0 Å². The molecule has 1 heterocycles. The van der Waals surface area contributed by atoms with Crippen molar-refractivity contribution in [3.8, 4) is 0 Å². The predicted molar refractivity (Wildman–Crippen MR) is 35.8 cm³/mol. The van der Waals surface area contributed by atoms with Gasteiger partial charge in [-0.1, -0.05) is 0 Å². The molecule has 1 radical (unpaired) electrons. The van der Waals surface area contributed by atoms with Crippen molar-refractivity contribution in [3.63, 3.8) is 0 Å². The maximum atomic E-state index is 10.2. The van der Waals surface area contributed by atoms with Gasteiger partial charge in [0.2, 0.25) is 0 Å². The second-order valence-corrected chi connectivity index (χ2v) is 2.71. The van der Waals surface area contributed by atoms with Gasteiger partial charge in [-0.3, -0.25) is 0 Å². The standard InChI is InChI=1S/C7H14NO/c9-5-3-7-2-1-4-8-6-7/h7-8H,1-6H2. The molecule has 0 aromatic heterocycles. The maximum absolute atomic E-state index is 10.2. The average Bonchev–Trinajstić information content (AvgIpc) is 1.91. The zero-order valence-electron chi connectivity index (χ0n) is 5.73. The minimum absolute atomic E-state index is 0.104. The van der Waals surface area contributed by atoms with E-state index in [1.54, 1.807) is 0 Å². The molecule has 0 aromatic rings. The Balaban J connectivity index is 2.08. The number of piperidine rings is 1. The quantitative estimate of drug-likeness (QED) is 0.586. The van der Waals surface area contributed by atoms with Crippen LogP contribution in [0.25, 0.3) is 0 Å². The fourth-order valence-corrected chi connectivity index (χ4v) is 1.34.